The van der Waals surface area contributed by atoms with Gasteiger partial charge >= 0.3 is 5.97 Å². The third kappa shape index (κ3) is 2.09. The zero-order valence-corrected chi connectivity index (χ0v) is 11.1. The van der Waals surface area contributed by atoms with Crippen molar-refractivity contribution in [3.8, 4) is 11.5 Å². The summed E-state index contributed by atoms with van der Waals surface area (Å²) in [6.07, 6.45) is 1.84. The maximum Gasteiger partial charge on any atom is 0.340 e. The Balaban J connectivity index is 2.90. The van der Waals surface area contributed by atoms with Gasteiger partial charge in [-0.2, -0.15) is 0 Å². The van der Waals surface area contributed by atoms with Crippen molar-refractivity contribution in [2.75, 3.05) is 13.2 Å². The van der Waals surface area contributed by atoms with E-state index in [9.17, 15) is 14.7 Å². The van der Waals surface area contributed by atoms with Crippen molar-refractivity contribution < 1.29 is 28.6 Å². The normalized spacial score (nSPS) is 10.5. The minimum absolute atomic E-state index is 0.0785. The second kappa shape index (κ2) is 5.64. The van der Waals surface area contributed by atoms with Gasteiger partial charge in [-0.3, -0.25) is 4.79 Å². The maximum absolute atomic E-state index is 11.5. The van der Waals surface area contributed by atoms with Gasteiger partial charge < -0.3 is 19.0 Å². The van der Waals surface area contributed by atoms with Crippen molar-refractivity contribution in [2.45, 2.75) is 13.8 Å². The summed E-state index contributed by atoms with van der Waals surface area (Å²) in [5.74, 6) is -1.00. The SMILES string of the molecule is CCOc1c(C(=O)O)c(C=O)c(OCC)c2occc12. The molecule has 1 heterocycles. The van der Waals surface area contributed by atoms with E-state index in [2.05, 4.69) is 0 Å². The van der Waals surface area contributed by atoms with Crippen LogP contribution in [0.3, 0.4) is 0 Å². The van der Waals surface area contributed by atoms with Crippen molar-refractivity contribution in [3.05, 3.63) is 23.5 Å². The molecule has 0 saturated carbocycles. The highest BCUT2D eigenvalue weighted by Gasteiger charge is 2.27. The van der Waals surface area contributed by atoms with Crippen LogP contribution in [0.2, 0.25) is 0 Å². The van der Waals surface area contributed by atoms with Gasteiger partial charge in [-0.1, -0.05) is 0 Å². The Morgan fingerprint density at radius 1 is 1.30 bits per heavy atom. The number of carboxylic acids is 1. The molecule has 1 aromatic carbocycles. The van der Waals surface area contributed by atoms with Crippen LogP contribution in [-0.2, 0) is 0 Å². The summed E-state index contributed by atoms with van der Waals surface area (Å²) >= 11 is 0. The Morgan fingerprint density at radius 2 is 1.95 bits per heavy atom. The summed E-state index contributed by atoms with van der Waals surface area (Å²) in [5.41, 5.74) is 0.0202. The van der Waals surface area contributed by atoms with Gasteiger partial charge in [0.1, 0.15) is 11.3 Å². The Morgan fingerprint density at radius 3 is 2.50 bits per heavy atom. The smallest absolute Gasteiger partial charge is 0.340 e. The summed E-state index contributed by atoms with van der Waals surface area (Å²) in [6.45, 7) is 4.02. The number of hydrogen-bond acceptors (Lipinski definition) is 5. The number of rotatable bonds is 6. The fourth-order valence-electron chi connectivity index (χ4n) is 2.06. The first-order valence-corrected chi connectivity index (χ1v) is 6.16. The molecule has 0 aliphatic heterocycles. The highest BCUT2D eigenvalue weighted by Crippen LogP contribution is 2.41. The van der Waals surface area contributed by atoms with Crippen LogP contribution >= 0.6 is 0 Å². The fourth-order valence-corrected chi connectivity index (χ4v) is 2.06. The van der Waals surface area contributed by atoms with Crippen molar-refractivity contribution in [2.24, 2.45) is 0 Å². The van der Waals surface area contributed by atoms with E-state index in [0.717, 1.165) is 0 Å². The minimum Gasteiger partial charge on any atom is -0.492 e. The molecule has 0 atom stereocenters. The van der Waals surface area contributed by atoms with Gasteiger partial charge in [-0.05, 0) is 19.9 Å². The van der Waals surface area contributed by atoms with Gasteiger partial charge in [0.05, 0.1) is 30.4 Å². The highest BCUT2D eigenvalue weighted by molar-refractivity contribution is 6.09. The molecular weight excluding hydrogens is 264 g/mol. The lowest BCUT2D eigenvalue weighted by atomic mass is 10.0. The van der Waals surface area contributed by atoms with Crippen molar-refractivity contribution in [1.82, 2.24) is 0 Å². The monoisotopic (exact) mass is 278 g/mol. The van der Waals surface area contributed by atoms with E-state index in [1.807, 2.05) is 0 Å². The van der Waals surface area contributed by atoms with Crippen LogP contribution in [0.4, 0.5) is 0 Å². The van der Waals surface area contributed by atoms with Gasteiger partial charge in [0.25, 0.3) is 0 Å². The molecule has 0 amide bonds. The minimum atomic E-state index is -1.25. The van der Waals surface area contributed by atoms with E-state index in [-0.39, 0.29) is 35.8 Å². The van der Waals surface area contributed by atoms with E-state index in [1.165, 1.54) is 6.26 Å². The van der Waals surface area contributed by atoms with Gasteiger partial charge in [-0.25, -0.2) is 4.79 Å². The van der Waals surface area contributed by atoms with E-state index in [1.54, 1.807) is 19.9 Å². The second-order valence-corrected chi connectivity index (χ2v) is 3.90. The zero-order chi connectivity index (χ0) is 14.7. The topological polar surface area (TPSA) is 86.0 Å². The molecule has 106 valence electrons. The number of hydrogen-bond donors (Lipinski definition) is 1. The molecule has 6 heteroatoms. The fraction of sp³-hybridized carbons (Fsp3) is 0.286. The Hall–Kier alpha value is -2.50. The zero-order valence-electron chi connectivity index (χ0n) is 11.1. The summed E-state index contributed by atoms with van der Waals surface area (Å²) in [5, 5.41) is 9.84. The van der Waals surface area contributed by atoms with Crippen LogP contribution in [0.25, 0.3) is 11.0 Å². The largest absolute Gasteiger partial charge is 0.492 e. The van der Waals surface area contributed by atoms with E-state index in [0.29, 0.717) is 17.3 Å². The van der Waals surface area contributed by atoms with Crippen LogP contribution < -0.4 is 9.47 Å². The molecule has 0 bridgehead atoms. The Kier molecular flexibility index (Phi) is 3.93. The van der Waals surface area contributed by atoms with Gasteiger partial charge in [0.15, 0.2) is 17.6 Å². The molecule has 2 aromatic rings. The molecule has 0 spiro atoms. The lowest BCUT2D eigenvalue weighted by Crippen LogP contribution is -2.09. The molecule has 0 fully saturated rings. The lowest BCUT2D eigenvalue weighted by molar-refractivity contribution is 0.0689. The number of carbonyl (C=O) groups excluding carboxylic acids is 1. The van der Waals surface area contributed by atoms with Gasteiger partial charge in [0, 0.05) is 0 Å². The van der Waals surface area contributed by atoms with Crippen molar-refractivity contribution >= 4 is 23.2 Å². The molecule has 1 aromatic heterocycles. The van der Waals surface area contributed by atoms with Crippen LogP contribution in [0.5, 0.6) is 11.5 Å². The van der Waals surface area contributed by atoms with Crippen LogP contribution in [-0.4, -0.2) is 30.6 Å². The number of ether oxygens (including phenoxy) is 2. The van der Waals surface area contributed by atoms with E-state index >= 15 is 0 Å². The van der Waals surface area contributed by atoms with E-state index < -0.39 is 5.97 Å². The molecule has 0 unspecified atom stereocenters. The number of aldehydes is 1. The molecule has 1 N–H and O–H groups in total. The van der Waals surface area contributed by atoms with Crippen LogP contribution in [0, 0.1) is 0 Å². The molecule has 2 rings (SSSR count). The first kappa shape index (κ1) is 13.9. The number of benzene rings is 1. The third-order valence-electron chi connectivity index (χ3n) is 2.77. The number of fused-ring (bicyclic) bond motifs is 1. The third-order valence-corrected chi connectivity index (χ3v) is 2.77. The Labute approximate surface area is 114 Å². The number of aromatic carboxylic acids is 1. The average Bonchev–Trinajstić information content (AvgIpc) is 2.89. The standard InChI is InChI=1S/C14H14O6/c1-3-18-11-8-5-6-20-12(8)13(19-4-2)9(7-15)10(11)14(16)17/h5-7H,3-4H2,1-2H3,(H,16,17). The van der Waals surface area contributed by atoms with E-state index in [4.69, 9.17) is 13.9 Å². The quantitative estimate of drug-likeness (QED) is 0.817. The molecule has 0 aliphatic rings. The maximum atomic E-state index is 11.5. The number of carbonyl (C=O) groups is 2. The molecular formula is C14H14O6. The van der Waals surface area contributed by atoms with Crippen molar-refractivity contribution in [1.29, 1.82) is 0 Å². The van der Waals surface area contributed by atoms with Crippen LogP contribution in [0.15, 0.2) is 16.7 Å². The molecule has 0 saturated heterocycles. The lowest BCUT2D eigenvalue weighted by Gasteiger charge is -2.14. The average molecular weight is 278 g/mol. The summed E-state index contributed by atoms with van der Waals surface area (Å²) < 4.78 is 16.1. The highest BCUT2D eigenvalue weighted by atomic mass is 16.5. The molecule has 20 heavy (non-hydrogen) atoms. The predicted octanol–water partition coefficient (Wildman–Crippen LogP) is 2.74. The number of carboxylic acid groups (broad SMARTS) is 1. The summed E-state index contributed by atoms with van der Waals surface area (Å²) in [7, 11) is 0. The second-order valence-electron chi connectivity index (χ2n) is 3.90. The van der Waals surface area contributed by atoms with Gasteiger partial charge in [-0.15, -0.1) is 0 Å². The predicted molar refractivity (Wildman–Crippen MR) is 70.9 cm³/mol. The van der Waals surface area contributed by atoms with Crippen molar-refractivity contribution in [3.63, 3.8) is 0 Å². The Bertz CT molecular complexity index is 655. The molecule has 6 nitrogen and oxygen atoms in total. The summed E-state index contributed by atoms with van der Waals surface area (Å²) in [6, 6.07) is 1.59. The first-order valence-electron chi connectivity index (χ1n) is 6.16. The molecule has 0 radical (unpaired) electrons. The molecule has 0 aliphatic carbocycles. The first-order chi connectivity index (χ1) is 9.65. The van der Waals surface area contributed by atoms with Gasteiger partial charge in [0.2, 0.25) is 0 Å². The van der Waals surface area contributed by atoms with Crippen LogP contribution in [0.1, 0.15) is 34.6 Å². The number of furan rings is 1. The summed E-state index contributed by atoms with van der Waals surface area (Å²) in [4.78, 5) is 22.8.